The molecule has 10 heteroatoms. The average Bonchev–Trinajstić information content (AvgIpc) is 3.09. The van der Waals surface area contributed by atoms with Gasteiger partial charge in [-0.2, -0.15) is 0 Å². The molecule has 30 heavy (non-hydrogen) atoms. The summed E-state index contributed by atoms with van der Waals surface area (Å²) in [5.74, 6) is -0.820. The van der Waals surface area contributed by atoms with Gasteiger partial charge in [-0.1, -0.05) is 0 Å². The maximum atomic E-state index is 13.2. The van der Waals surface area contributed by atoms with Crippen LogP contribution < -0.4 is 0 Å². The van der Waals surface area contributed by atoms with Gasteiger partial charge in [0, 0.05) is 37.5 Å². The van der Waals surface area contributed by atoms with Crippen molar-refractivity contribution in [1.82, 2.24) is 19.7 Å². The highest BCUT2D eigenvalue weighted by molar-refractivity contribution is 7.13. The molecule has 2 aliphatic rings. The van der Waals surface area contributed by atoms with Crippen molar-refractivity contribution in [3.63, 3.8) is 0 Å². The molecule has 0 aromatic carbocycles. The maximum absolute atomic E-state index is 13.2. The fourth-order valence-corrected chi connectivity index (χ4v) is 4.64. The number of aromatic nitrogens is 1. The van der Waals surface area contributed by atoms with Crippen LogP contribution in [-0.2, 0) is 27.2 Å². The van der Waals surface area contributed by atoms with Gasteiger partial charge in [0.2, 0.25) is 0 Å². The Labute approximate surface area is 180 Å². The summed E-state index contributed by atoms with van der Waals surface area (Å²) < 4.78 is 10.6. The van der Waals surface area contributed by atoms with E-state index in [0.717, 1.165) is 30.1 Å². The Balaban J connectivity index is 1.78. The molecule has 1 unspecified atom stereocenters. The van der Waals surface area contributed by atoms with E-state index in [1.54, 1.807) is 27.7 Å². The Morgan fingerprint density at radius 3 is 2.60 bits per heavy atom. The van der Waals surface area contributed by atoms with Crippen LogP contribution >= 0.6 is 11.3 Å². The van der Waals surface area contributed by atoms with Gasteiger partial charge in [0.15, 0.2) is 5.01 Å². The zero-order valence-electron chi connectivity index (χ0n) is 18.3. The summed E-state index contributed by atoms with van der Waals surface area (Å²) >= 11 is 1.38. The summed E-state index contributed by atoms with van der Waals surface area (Å²) in [5, 5.41) is 0.385. The lowest BCUT2D eigenvalue weighted by atomic mass is 10.1. The number of carbonyl (C=O) groups is 3. The van der Waals surface area contributed by atoms with Crippen LogP contribution in [0.1, 0.15) is 48.1 Å². The molecule has 0 spiro atoms. The Morgan fingerprint density at radius 1 is 1.20 bits per heavy atom. The zero-order valence-corrected chi connectivity index (χ0v) is 19.1. The molecule has 1 atom stereocenters. The first-order chi connectivity index (χ1) is 14.1. The van der Waals surface area contributed by atoms with Gasteiger partial charge >= 0.3 is 12.1 Å². The molecular weight excluding hydrogens is 408 g/mol. The maximum Gasteiger partial charge on any atom is 0.410 e. The largest absolute Gasteiger partial charge is 0.464 e. The predicted molar refractivity (Wildman–Crippen MR) is 111 cm³/mol. The highest BCUT2D eigenvalue weighted by atomic mass is 32.1. The minimum Gasteiger partial charge on any atom is -0.464 e. The molecular formula is C20H30N4O5S. The second kappa shape index (κ2) is 8.89. The van der Waals surface area contributed by atoms with Crippen LogP contribution in [-0.4, -0.2) is 89.1 Å². The first kappa shape index (κ1) is 22.5. The summed E-state index contributed by atoms with van der Waals surface area (Å²) in [7, 11) is 2.04. The lowest BCUT2D eigenvalue weighted by Crippen LogP contribution is -2.60. The number of likely N-dealkylation sites (N-methyl/N-ethyl adjacent to an activating group) is 1. The molecule has 0 saturated carbocycles. The minimum absolute atomic E-state index is 0.0350. The first-order valence-corrected chi connectivity index (χ1v) is 11.0. The SMILES string of the molecule is CCOC(=O)C1CN(C(=O)OC(C)(C)C)CCN1C(=O)c1nc2c(s1)CN(C)CC2. The number of piperazine rings is 1. The topological polar surface area (TPSA) is 92.3 Å². The van der Waals surface area contributed by atoms with Gasteiger partial charge in [0.1, 0.15) is 11.6 Å². The van der Waals surface area contributed by atoms with E-state index in [0.29, 0.717) is 5.01 Å². The van der Waals surface area contributed by atoms with E-state index >= 15 is 0 Å². The van der Waals surface area contributed by atoms with E-state index in [1.165, 1.54) is 21.1 Å². The number of fused-ring (bicyclic) bond motifs is 1. The van der Waals surface area contributed by atoms with Crippen LogP contribution in [0.4, 0.5) is 4.79 Å². The molecule has 3 rings (SSSR count). The third-order valence-electron chi connectivity index (χ3n) is 4.96. The van der Waals surface area contributed by atoms with E-state index in [1.807, 2.05) is 7.05 Å². The quantitative estimate of drug-likeness (QED) is 0.664. The summed E-state index contributed by atoms with van der Waals surface area (Å²) in [5.41, 5.74) is 0.317. The highest BCUT2D eigenvalue weighted by Gasteiger charge is 2.40. The number of hydrogen-bond acceptors (Lipinski definition) is 8. The minimum atomic E-state index is -0.887. The van der Waals surface area contributed by atoms with Crippen molar-refractivity contribution >= 4 is 29.3 Å². The Hall–Kier alpha value is -2.20. The van der Waals surface area contributed by atoms with Crippen LogP contribution in [0.2, 0.25) is 0 Å². The molecule has 1 fully saturated rings. The standard InChI is InChI=1S/C20H30N4O5S/c1-6-28-18(26)14-11-23(19(27)29-20(2,3)4)9-10-24(14)17(25)16-21-13-7-8-22(5)12-15(13)30-16/h14H,6-12H2,1-5H3. The van der Waals surface area contributed by atoms with E-state index in [4.69, 9.17) is 9.47 Å². The number of hydrogen-bond donors (Lipinski definition) is 0. The second-order valence-corrected chi connectivity index (χ2v) is 9.65. The third kappa shape index (κ3) is 5.10. The lowest BCUT2D eigenvalue weighted by molar-refractivity contribution is -0.150. The molecule has 166 valence electrons. The van der Waals surface area contributed by atoms with Crippen molar-refractivity contribution in [3.8, 4) is 0 Å². The molecule has 1 aromatic rings. The highest BCUT2D eigenvalue weighted by Crippen LogP contribution is 2.27. The van der Waals surface area contributed by atoms with Gasteiger partial charge in [-0.05, 0) is 34.7 Å². The van der Waals surface area contributed by atoms with Gasteiger partial charge in [0.05, 0.1) is 18.8 Å². The predicted octanol–water partition coefficient (Wildman–Crippen LogP) is 1.76. The molecule has 0 bridgehead atoms. The van der Waals surface area contributed by atoms with Crippen molar-refractivity contribution in [2.45, 2.75) is 52.3 Å². The number of rotatable bonds is 3. The average molecular weight is 439 g/mol. The summed E-state index contributed by atoms with van der Waals surface area (Å²) in [6, 6.07) is -0.887. The first-order valence-electron chi connectivity index (χ1n) is 10.2. The van der Waals surface area contributed by atoms with Crippen LogP contribution in [0, 0.1) is 0 Å². The smallest absolute Gasteiger partial charge is 0.410 e. The number of carbonyl (C=O) groups excluding carboxylic acids is 3. The van der Waals surface area contributed by atoms with Crippen molar-refractivity contribution in [1.29, 1.82) is 0 Å². The molecule has 0 radical (unpaired) electrons. The molecule has 2 aliphatic heterocycles. The Kier molecular flexibility index (Phi) is 6.66. The number of amides is 2. The Morgan fingerprint density at radius 2 is 1.93 bits per heavy atom. The van der Waals surface area contributed by atoms with Gasteiger partial charge in [-0.15, -0.1) is 11.3 Å². The normalized spacial score (nSPS) is 20.0. The second-order valence-electron chi connectivity index (χ2n) is 8.57. The van der Waals surface area contributed by atoms with Crippen LogP contribution in [0.3, 0.4) is 0 Å². The van der Waals surface area contributed by atoms with Crippen molar-refractivity contribution in [2.24, 2.45) is 0 Å². The van der Waals surface area contributed by atoms with E-state index in [9.17, 15) is 14.4 Å². The molecule has 3 heterocycles. The number of thiazole rings is 1. The van der Waals surface area contributed by atoms with Crippen LogP contribution in [0.5, 0.6) is 0 Å². The molecule has 1 aromatic heterocycles. The fourth-order valence-electron chi connectivity index (χ4n) is 3.50. The van der Waals surface area contributed by atoms with Gasteiger partial charge in [0.25, 0.3) is 5.91 Å². The molecule has 0 aliphatic carbocycles. The molecule has 2 amide bonds. The Bertz CT molecular complexity index is 819. The molecule has 9 nitrogen and oxygen atoms in total. The van der Waals surface area contributed by atoms with Crippen LogP contribution in [0.25, 0.3) is 0 Å². The van der Waals surface area contributed by atoms with Gasteiger partial charge in [-0.3, -0.25) is 4.79 Å². The van der Waals surface area contributed by atoms with Crippen molar-refractivity contribution < 1.29 is 23.9 Å². The number of esters is 1. The zero-order chi connectivity index (χ0) is 22.1. The van der Waals surface area contributed by atoms with Crippen molar-refractivity contribution in [3.05, 3.63) is 15.6 Å². The summed E-state index contributed by atoms with van der Waals surface area (Å²) in [6.07, 6.45) is 0.306. The monoisotopic (exact) mass is 438 g/mol. The number of nitrogens with zero attached hydrogens (tertiary/aromatic N) is 4. The van der Waals surface area contributed by atoms with Gasteiger partial charge < -0.3 is 24.2 Å². The van der Waals surface area contributed by atoms with E-state index < -0.39 is 23.7 Å². The molecule has 1 saturated heterocycles. The van der Waals surface area contributed by atoms with Crippen LogP contribution in [0.15, 0.2) is 0 Å². The van der Waals surface area contributed by atoms with Gasteiger partial charge in [-0.25, -0.2) is 14.6 Å². The fraction of sp³-hybridized carbons (Fsp3) is 0.700. The molecule has 0 N–H and O–H groups in total. The van der Waals surface area contributed by atoms with E-state index in [-0.39, 0.29) is 32.1 Å². The van der Waals surface area contributed by atoms with Crippen molar-refractivity contribution in [2.75, 3.05) is 39.8 Å². The van der Waals surface area contributed by atoms with E-state index in [2.05, 4.69) is 9.88 Å². The third-order valence-corrected chi connectivity index (χ3v) is 6.03. The lowest BCUT2D eigenvalue weighted by Gasteiger charge is -2.39. The summed E-state index contributed by atoms with van der Waals surface area (Å²) in [6.45, 7) is 9.48. The number of ether oxygens (including phenoxy) is 2. The summed E-state index contributed by atoms with van der Waals surface area (Å²) in [4.78, 5) is 49.1.